The summed E-state index contributed by atoms with van der Waals surface area (Å²) in [5.41, 5.74) is 4.35. The van der Waals surface area contributed by atoms with Gasteiger partial charge in [-0.25, -0.2) is 0 Å². The highest BCUT2D eigenvalue weighted by atomic mass is 16.5. The highest BCUT2D eigenvalue weighted by Crippen LogP contribution is 2.43. The Morgan fingerprint density at radius 1 is 0.867 bits per heavy atom. The van der Waals surface area contributed by atoms with Crippen LogP contribution in [0, 0.1) is 0 Å². The zero-order chi connectivity index (χ0) is 20.9. The van der Waals surface area contributed by atoms with Crippen LogP contribution in [0.15, 0.2) is 60.7 Å². The molecule has 0 atom stereocenters. The van der Waals surface area contributed by atoms with Gasteiger partial charge in [0.15, 0.2) is 23.0 Å². The summed E-state index contributed by atoms with van der Waals surface area (Å²) in [6.07, 6.45) is 0. The Bertz CT molecular complexity index is 1000. The molecule has 1 aliphatic heterocycles. The summed E-state index contributed by atoms with van der Waals surface area (Å²) in [6.45, 7) is 3.13. The number of fused-ring (bicyclic) bond motifs is 1. The predicted molar refractivity (Wildman–Crippen MR) is 118 cm³/mol. The third kappa shape index (κ3) is 4.07. The number of ether oxygens (including phenoxy) is 4. The molecule has 0 spiro atoms. The molecule has 0 radical (unpaired) electrons. The summed E-state index contributed by atoms with van der Waals surface area (Å²) in [4.78, 5) is 2.40. The van der Waals surface area contributed by atoms with Crippen LogP contribution in [0.2, 0.25) is 0 Å². The molecule has 3 aromatic rings. The lowest BCUT2D eigenvalue weighted by Crippen LogP contribution is -2.25. The van der Waals surface area contributed by atoms with Gasteiger partial charge in [0.25, 0.3) is 0 Å². The van der Waals surface area contributed by atoms with Gasteiger partial charge < -0.3 is 18.9 Å². The first-order valence-corrected chi connectivity index (χ1v) is 10.0. The van der Waals surface area contributed by atoms with Crippen LogP contribution in [-0.4, -0.2) is 39.4 Å². The number of rotatable bonds is 6. The molecule has 5 nitrogen and oxygen atoms in total. The molecule has 0 saturated heterocycles. The second-order valence-corrected chi connectivity index (χ2v) is 7.25. The largest absolute Gasteiger partial charge is 0.493 e. The smallest absolute Gasteiger partial charge is 0.168 e. The Labute approximate surface area is 177 Å². The van der Waals surface area contributed by atoms with Crippen molar-refractivity contribution in [2.45, 2.75) is 13.1 Å². The molecule has 5 heteroatoms. The average molecular weight is 405 g/mol. The van der Waals surface area contributed by atoms with Crippen molar-refractivity contribution in [2.75, 3.05) is 34.5 Å². The molecule has 0 amide bonds. The van der Waals surface area contributed by atoms with Crippen molar-refractivity contribution in [1.82, 2.24) is 4.90 Å². The van der Waals surface area contributed by atoms with Crippen LogP contribution >= 0.6 is 0 Å². The highest BCUT2D eigenvalue weighted by Gasteiger charge is 2.22. The van der Waals surface area contributed by atoms with Gasteiger partial charge in [0.05, 0.1) is 21.3 Å². The van der Waals surface area contributed by atoms with E-state index in [1.807, 2.05) is 30.3 Å². The van der Waals surface area contributed by atoms with Crippen LogP contribution < -0.4 is 18.9 Å². The van der Waals surface area contributed by atoms with Crippen LogP contribution in [0.4, 0.5) is 0 Å². The van der Waals surface area contributed by atoms with E-state index in [4.69, 9.17) is 18.9 Å². The first-order valence-electron chi connectivity index (χ1n) is 10.0. The maximum Gasteiger partial charge on any atom is 0.168 e. The minimum atomic E-state index is 0.623. The fourth-order valence-corrected chi connectivity index (χ4v) is 3.94. The summed E-state index contributed by atoms with van der Waals surface area (Å²) >= 11 is 0. The van der Waals surface area contributed by atoms with E-state index in [1.54, 1.807) is 21.3 Å². The van der Waals surface area contributed by atoms with E-state index in [0.717, 1.165) is 47.8 Å². The van der Waals surface area contributed by atoms with Crippen LogP contribution in [0.5, 0.6) is 23.0 Å². The predicted octanol–water partition coefficient (Wildman–Crippen LogP) is 4.77. The maximum atomic E-state index is 6.11. The molecule has 30 heavy (non-hydrogen) atoms. The molecule has 3 aromatic carbocycles. The van der Waals surface area contributed by atoms with Crippen LogP contribution in [0.25, 0.3) is 11.1 Å². The maximum absolute atomic E-state index is 6.11. The third-order valence-electron chi connectivity index (χ3n) is 5.36. The molecule has 1 heterocycles. The summed E-state index contributed by atoms with van der Waals surface area (Å²) in [6, 6.07) is 20.6. The Hall–Kier alpha value is -3.18. The number of hydrogen-bond donors (Lipinski definition) is 0. The molecular formula is C25H27NO4. The average Bonchev–Trinajstić information content (AvgIpc) is 3.00. The Balaban J connectivity index is 1.73. The minimum Gasteiger partial charge on any atom is -0.493 e. The van der Waals surface area contributed by atoms with Gasteiger partial charge in [0.2, 0.25) is 0 Å². The van der Waals surface area contributed by atoms with Gasteiger partial charge in [0.1, 0.15) is 6.61 Å². The van der Waals surface area contributed by atoms with E-state index in [0.29, 0.717) is 18.1 Å². The van der Waals surface area contributed by atoms with Crippen molar-refractivity contribution >= 4 is 0 Å². The summed E-state index contributed by atoms with van der Waals surface area (Å²) < 4.78 is 22.9. The molecule has 156 valence electrons. The number of para-hydroxylation sites is 1. The van der Waals surface area contributed by atoms with Crippen LogP contribution in [0.3, 0.4) is 0 Å². The van der Waals surface area contributed by atoms with E-state index in [9.17, 15) is 0 Å². The monoisotopic (exact) mass is 405 g/mol. The molecule has 0 bridgehead atoms. The third-order valence-corrected chi connectivity index (χ3v) is 5.36. The Morgan fingerprint density at radius 2 is 1.67 bits per heavy atom. The van der Waals surface area contributed by atoms with Crippen molar-refractivity contribution in [3.8, 4) is 34.1 Å². The highest BCUT2D eigenvalue weighted by molar-refractivity contribution is 5.77. The van der Waals surface area contributed by atoms with E-state index < -0.39 is 0 Å². The molecule has 0 saturated carbocycles. The zero-order valence-electron chi connectivity index (χ0n) is 17.7. The standard InChI is InChI=1S/C25H27NO4/c1-27-22-11-7-10-21(25(22)29-3)19-14-20-17-26(16-18-8-5-4-6-9-18)12-13-30-24(20)23(15-19)28-2/h4-11,14-15H,12-13,16-17H2,1-3H3. The lowest BCUT2D eigenvalue weighted by Gasteiger charge is -2.20. The van der Waals surface area contributed by atoms with Crippen molar-refractivity contribution in [3.05, 3.63) is 71.8 Å². The number of nitrogens with zero attached hydrogens (tertiary/aromatic N) is 1. The van der Waals surface area contributed by atoms with E-state index in [2.05, 4.69) is 35.2 Å². The first-order chi connectivity index (χ1) is 14.7. The van der Waals surface area contributed by atoms with Crippen molar-refractivity contribution in [1.29, 1.82) is 0 Å². The number of hydrogen-bond acceptors (Lipinski definition) is 5. The quantitative estimate of drug-likeness (QED) is 0.591. The lowest BCUT2D eigenvalue weighted by atomic mass is 10.00. The SMILES string of the molecule is COc1cc(-c2cccc(OC)c2OC)cc2c1OCCN(Cc1ccccc1)C2. The van der Waals surface area contributed by atoms with Gasteiger partial charge in [0, 0.05) is 30.8 Å². The van der Waals surface area contributed by atoms with Gasteiger partial charge in [-0.3, -0.25) is 4.90 Å². The molecule has 0 fully saturated rings. The number of methoxy groups -OCH3 is 3. The van der Waals surface area contributed by atoms with Gasteiger partial charge >= 0.3 is 0 Å². The topological polar surface area (TPSA) is 40.2 Å². The summed E-state index contributed by atoms with van der Waals surface area (Å²) in [7, 11) is 4.99. The Morgan fingerprint density at radius 3 is 2.40 bits per heavy atom. The lowest BCUT2D eigenvalue weighted by molar-refractivity contribution is 0.217. The van der Waals surface area contributed by atoms with E-state index in [-0.39, 0.29) is 0 Å². The minimum absolute atomic E-state index is 0.623. The van der Waals surface area contributed by atoms with Crippen molar-refractivity contribution in [3.63, 3.8) is 0 Å². The summed E-state index contributed by atoms with van der Waals surface area (Å²) in [5, 5.41) is 0. The summed E-state index contributed by atoms with van der Waals surface area (Å²) in [5.74, 6) is 2.95. The van der Waals surface area contributed by atoms with Crippen molar-refractivity contribution in [2.24, 2.45) is 0 Å². The molecule has 0 aromatic heterocycles. The zero-order valence-corrected chi connectivity index (χ0v) is 17.7. The van der Waals surface area contributed by atoms with E-state index >= 15 is 0 Å². The molecule has 1 aliphatic rings. The number of benzene rings is 3. The molecular weight excluding hydrogens is 378 g/mol. The second-order valence-electron chi connectivity index (χ2n) is 7.25. The molecule has 4 rings (SSSR count). The van der Waals surface area contributed by atoms with Crippen LogP contribution in [0.1, 0.15) is 11.1 Å². The van der Waals surface area contributed by atoms with Gasteiger partial charge in [-0.15, -0.1) is 0 Å². The van der Waals surface area contributed by atoms with Gasteiger partial charge in [-0.05, 0) is 29.3 Å². The van der Waals surface area contributed by atoms with Gasteiger partial charge in [-0.1, -0.05) is 42.5 Å². The first kappa shape index (κ1) is 20.1. The van der Waals surface area contributed by atoms with Gasteiger partial charge in [-0.2, -0.15) is 0 Å². The fourth-order valence-electron chi connectivity index (χ4n) is 3.94. The molecule has 0 N–H and O–H groups in total. The van der Waals surface area contributed by atoms with Crippen LogP contribution in [-0.2, 0) is 13.1 Å². The molecule has 0 unspecified atom stereocenters. The van der Waals surface area contributed by atoms with E-state index in [1.165, 1.54) is 5.56 Å². The Kier molecular flexibility index (Phi) is 6.10. The fraction of sp³-hybridized carbons (Fsp3) is 0.280. The second kappa shape index (κ2) is 9.09. The van der Waals surface area contributed by atoms with Crippen molar-refractivity contribution < 1.29 is 18.9 Å². The molecule has 0 aliphatic carbocycles. The normalized spacial score (nSPS) is 13.7.